The Morgan fingerprint density at radius 1 is 0.912 bits per heavy atom. The van der Waals surface area contributed by atoms with Gasteiger partial charge in [-0.2, -0.15) is 0 Å². The van der Waals surface area contributed by atoms with Gasteiger partial charge in [-0.15, -0.1) is 0 Å². The highest BCUT2D eigenvalue weighted by Crippen LogP contribution is 2.33. The second-order valence-electron chi connectivity index (χ2n) is 7.40. The molecular weight excluding hydrogens is 481 g/mol. The maximum atomic E-state index is 14.1. The number of hydrogen-bond donors (Lipinski definition) is 1. The van der Waals surface area contributed by atoms with E-state index >= 15 is 0 Å². The SMILES string of the molecule is O=C(/C=C/c1ccco1)Nc1ccc(N2CCN(c3c(F)c(F)c(F)c(F)c3F)CC2)c(Cl)c1. The van der Waals surface area contributed by atoms with Crippen LogP contribution in [0.4, 0.5) is 39.0 Å². The van der Waals surface area contributed by atoms with Gasteiger partial charge in [0.05, 0.1) is 17.0 Å². The molecule has 11 heteroatoms. The second-order valence-corrected chi connectivity index (χ2v) is 7.80. The van der Waals surface area contributed by atoms with E-state index in [1.807, 2.05) is 4.90 Å². The Labute approximate surface area is 196 Å². The van der Waals surface area contributed by atoms with Gasteiger partial charge in [-0.1, -0.05) is 11.6 Å². The van der Waals surface area contributed by atoms with Crippen LogP contribution in [0.15, 0.2) is 47.1 Å². The van der Waals surface area contributed by atoms with E-state index in [0.29, 0.717) is 22.2 Å². The molecule has 1 saturated heterocycles. The molecule has 1 amide bonds. The molecule has 2 heterocycles. The molecule has 4 rings (SSSR count). The first-order chi connectivity index (χ1) is 16.3. The van der Waals surface area contributed by atoms with Crippen molar-refractivity contribution in [1.29, 1.82) is 0 Å². The van der Waals surface area contributed by atoms with Gasteiger partial charge in [-0.25, -0.2) is 22.0 Å². The molecule has 3 aromatic rings. The zero-order valence-corrected chi connectivity index (χ0v) is 18.2. The quantitative estimate of drug-likeness (QED) is 0.215. The zero-order chi connectivity index (χ0) is 24.4. The summed E-state index contributed by atoms with van der Waals surface area (Å²) in [6.07, 6.45) is 4.30. The molecule has 34 heavy (non-hydrogen) atoms. The van der Waals surface area contributed by atoms with Crippen molar-refractivity contribution in [1.82, 2.24) is 0 Å². The molecule has 0 saturated carbocycles. The topological polar surface area (TPSA) is 48.7 Å². The molecule has 1 N–H and O–H groups in total. The normalized spacial score (nSPS) is 14.2. The molecule has 0 bridgehead atoms. The fourth-order valence-electron chi connectivity index (χ4n) is 3.61. The molecule has 1 aliphatic rings. The molecule has 178 valence electrons. The zero-order valence-electron chi connectivity index (χ0n) is 17.4. The van der Waals surface area contributed by atoms with Gasteiger partial charge in [0.25, 0.3) is 0 Å². The summed E-state index contributed by atoms with van der Waals surface area (Å²) in [6, 6.07) is 8.24. The fourth-order valence-corrected chi connectivity index (χ4v) is 3.91. The van der Waals surface area contributed by atoms with E-state index in [4.69, 9.17) is 16.0 Å². The van der Waals surface area contributed by atoms with Crippen LogP contribution in [0, 0.1) is 29.1 Å². The molecule has 0 spiro atoms. The van der Waals surface area contributed by atoms with Gasteiger partial charge in [-0.05, 0) is 36.4 Å². The third-order valence-electron chi connectivity index (χ3n) is 5.28. The third kappa shape index (κ3) is 4.72. The summed E-state index contributed by atoms with van der Waals surface area (Å²) in [5.74, 6) is -9.72. The van der Waals surface area contributed by atoms with E-state index in [2.05, 4.69) is 5.32 Å². The molecular formula is C23H17ClF5N3O2. The lowest BCUT2D eigenvalue weighted by Gasteiger charge is -2.38. The smallest absolute Gasteiger partial charge is 0.248 e. The first kappa shape index (κ1) is 23.6. The summed E-state index contributed by atoms with van der Waals surface area (Å²) in [5.41, 5.74) is 0.105. The van der Waals surface area contributed by atoms with E-state index in [9.17, 15) is 26.7 Å². The highest BCUT2D eigenvalue weighted by Gasteiger charge is 2.31. The number of piperazine rings is 1. The lowest BCUT2D eigenvalue weighted by molar-refractivity contribution is -0.111. The van der Waals surface area contributed by atoms with Gasteiger partial charge in [-0.3, -0.25) is 4.79 Å². The minimum Gasteiger partial charge on any atom is -0.465 e. The van der Waals surface area contributed by atoms with Crippen LogP contribution in [0.1, 0.15) is 5.76 Å². The average Bonchev–Trinajstić information content (AvgIpc) is 3.35. The Hall–Kier alpha value is -3.53. The molecule has 0 aliphatic carbocycles. The monoisotopic (exact) mass is 497 g/mol. The van der Waals surface area contributed by atoms with Crippen LogP contribution in [0.2, 0.25) is 5.02 Å². The predicted octanol–water partition coefficient (Wildman–Crippen LogP) is 5.61. The molecule has 1 aromatic heterocycles. The number of carbonyl (C=O) groups is 1. The van der Waals surface area contributed by atoms with Gasteiger partial charge in [0.2, 0.25) is 11.7 Å². The van der Waals surface area contributed by atoms with Crippen LogP contribution in [-0.4, -0.2) is 32.1 Å². The number of nitrogens with one attached hydrogen (secondary N) is 1. The number of amides is 1. The van der Waals surface area contributed by atoms with Gasteiger partial charge < -0.3 is 19.5 Å². The Kier molecular flexibility index (Phi) is 6.78. The van der Waals surface area contributed by atoms with Crippen molar-refractivity contribution < 1.29 is 31.2 Å². The van der Waals surface area contributed by atoms with Crippen LogP contribution in [-0.2, 0) is 4.79 Å². The molecule has 2 aromatic carbocycles. The molecule has 1 aliphatic heterocycles. The average molecular weight is 498 g/mol. The molecule has 0 unspecified atom stereocenters. The summed E-state index contributed by atoms with van der Waals surface area (Å²) < 4.78 is 73.7. The van der Waals surface area contributed by atoms with Gasteiger partial charge >= 0.3 is 0 Å². The van der Waals surface area contributed by atoms with Crippen molar-refractivity contribution >= 4 is 40.6 Å². The van der Waals surface area contributed by atoms with E-state index in [-0.39, 0.29) is 26.2 Å². The van der Waals surface area contributed by atoms with Crippen LogP contribution in [0.25, 0.3) is 6.08 Å². The number of furan rings is 1. The van der Waals surface area contributed by atoms with E-state index < -0.39 is 40.7 Å². The van der Waals surface area contributed by atoms with Crippen molar-refractivity contribution in [2.45, 2.75) is 0 Å². The maximum absolute atomic E-state index is 14.1. The Morgan fingerprint density at radius 2 is 1.53 bits per heavy atom. The summed E-state index contributed by atoms with van der Waals surface area (Å²) in [4.78, 5) is 15.0. The Balaban J connectivity index is 1.42. The number of halogens is 6. The number of rotatable bonds is 5. The number of benzene rings is 2. The standard InChI is InChI=1S/C23H17ClF5N3O2/c24-15-12-13(30-17(33)6-4-14-2-1-11-34-14)3-5-16(15)31-7-9-32(10-8-31)23-21(28)19(26)18(25)20(27)22(23)29/h1-6,11-12H,7-10H2,(H,30,33)/b6-4+. The molecule has 1 fully saturated rings. The minimum atomic E-state index is -2.19. The summed E-state index contributed by atoms with van der Waals surface area (Å²) in [5, 5.41) is 2.98. The summed E-state index contributed by atoms with van der Waals surface area (Å²) in [7, 11) is 0. The summed E-state index contributed by atoms with van der Waals surface area (Å²) >= 11 is 6.37. The van der Waals surface area contributed by atoms with Gasteiger partial charge in [0, 0.05) is 37.9 Å². The lowest BCUT2D eigenvalue weighted by Crippen LogP contribution is -2.47. The largest absolute Gasteiger partial charge is 0.465 e. The van der Waals surface area contributed by atoms with Crippen LogP contribution in [0.3, 0.4) is 0 Å². The number of anilines is 3. The number of nitrogens with zero attached hydrogens (tertiary/aromatic N) is 2. The van der Waals surface area contributed by atoms with Crippen molar-refractivity contribution in [3.8, 4) is 0 Å². The molecule has 5 nitrogen and oxygen atoms in total. The number of carbonyl (C=O) groups excluding carboxylic acids is 1. The van der Waals surface area contributed by atoms with Crippen LogP contribution in [0.5, 0.6) is 0 Å². The first-order valence-corrected chi connectivity index (χ1v) is 10.5. The van der Waals surface area contributed by atoms with Crippen molar-refractivity contribution in [2.24, 2.45) is 0 Å². The van der Waals surface area contributed by atoms with Crippen LogP contribution < -0.4 is 15.1 Å². The van der Waals surface area contributed by atoms with Gasteiger partial charge in [0.1, 0.15) is 11.4 Å². The molecule has 0 radical (unpaired) electrons. The van der Waals surface area contributed by atoms with Crippen molar-refractivity contribution in [2.75, 3.05) is 41.3 Å². The Bertz CT molecular complexity index is 1210. The molecule has 0 atom stereocenters. The second kappa shape index (κ2) is 9.76. The Morgan fingerprint density at radius 3 is 2.12 bits per heavy atom. The third-order valence-corrected chi connectivity index (χ3v) is 5.58. The lowest BCUT2D eigenvalue weighted by atomic mass is 10.2. The van der Waals surface area contributed by atoms with Gasteiger partial charge in [0.15, 0.2) is 23.3 Å². The fraction of sp³-hybridized carbons (Fsp3) is 0.174. The summed E-state index contributed by atoms with van der Waals surface area (Å²) in [6.45, 7) is 0.448. The maximum Gasteiger partial charge on any atom is 0.248 e. The highest BCUT2D eigenvalue weighted by atomic mass is 35.5. The van der Waals surface area contributed by atoms with E-state index in [1.54, 1.807) is 30.3 Å². The van der Waals surface area contributed by atoms with Crippen molar-refractivity contribution in [3.05, 3.63) is 82.5 Å². The number of hydrogen-bond acceptors (Lipinski definition) is 4. The first-order valence-electron chi connectivity index (χ1n) is 10.1. The highest BCUT2D eigenvalue weighted by molar-refractivity contribution is 6.33. The van der Waals surface area contributed by atoms with Crippen molar-refractivity contribution in [3.63, 3.8) is 0 Å². The van der Waals surface area contributed by atoms with Crippen LogP contribution >= 0.6 is 11.6 Å². The predicted molar refractivity (Wildman–Crippen MR) is 118 cm³/mol. The minimum absolute atomic E-state index is 0.00470. The van der Waals surface area contributed by atoms with E-state index in [0.717, 1.165) is 4.90 Å². The van der Waals surface area contributed by atoms with E-state index in [1.165, 1.54) is 18.4 Å².